The Morgan fingerprint density at radius 1 is 1.03 bits per heavy atom. The lowest BCUT2D eigenvalue weighted by atomic mass is 10.00. The molecular formula is C26H26ClN3O3. The number of pyridine rings is 2. The van der Waals surface area contributed by atoms with Gasteiger partial charge in [-0.1, -0.05) is 17.7 Å². The van der Waals surface area contributed by atoms with Crippen molar-refractivity contribution >= 4 is 17.5 Å². The van der Waals surface area contributed by atoms with Gasteiger partial charge in [0.05, 0.1) is 17.9 Å². The van der Waals surface area contributed by atoms with Gasteiger partial charge in [-0.25, -0.2) is 0 Å². The van der Waals surface area contributed by atoms with Crippen LogP contribution >= 0.6 is 11.6 Å². The van der Waals surface area contributed by atoms with E-state index in [9.17, 15) is 9.90 Å². The van der Waals surface area contributed by atoms with Gasteiger partial charge in [-0.2, -0.15) is 0 Å². The molecule has 0 radical (unpaired) electrons. The first-order valence-electron chi connectivity index (χ1n) is 11.4. The highest BCUT2D eigenvalue weighted by Crippen LogP contribution is 2.33. The summed E-state index contributed by atoms with van der Waals surface area (Å²) in [7, 11) is 0. The van der Waals surface area contributed by atoms with Crippen molar-refractivity contribution < 1.29 is 14.6 Å². The smallest absolute Gasteiger partial charge is 0.253 e. The molecule has 33 heavy (non-hydrogen) atoms. The number of hydrogen-bond acceptors (Lipinski definition) is 5. The molecule has 1 N–H and O–H groups in total. The Hall–Kier alpha value is -2.80. The number of carbonyl (C=O) groups excluding carboxylic acids is 1. The molecule has 6 nitrogen and oxygen atoms in total. The van der Waals surface area contributed by atoms with Gasteiger partial charge in [0.25, 0.3) is 5.91 Å². The zero-order valence-corrected chi connectivity index (χ0v) is 19.0. The lowest BCUT2D eigenvalue weighted by Gasteiger charge is -2.29. The number of benzene rings is 1. The quantitative estimate of drug-likeness (QED) is 0.594. The van der Waals surface area contributed by atoms with Gasteiger partial charge < -0.3 is 14.7 Å². The summed E-state index contributed by atoms with van der Waals surface area (Å²) in [6, 6.07) is 11.5. The van der Waals surface area contributed by atoms with Crippen molar-refractivity contribution in [2.45, 2.75) is 37.9 Å². The van der Waals surface area contributed by atoms with Crippen LogP contribution in [0.25, 0.3) is 22.3 Å². The first-order chi connectivity index (χ1) is 16.1. The third kappa shape index (κ3) is 4.78. The number of ether oxygens (including phenoxy) is 1. The van der Waals surface area contributed by atoms with E-state index in [1.807, 2.05) is 30.6 Å². The molecule has 2 fully saturated rings. The number of hydrogen-bond donors (Lipinski definition) is 1. The molecule has 4 heterocycles. The van der Waals surface area contributed by atoms with Crippen LogP contribution in [0.15, 0.2) is 55.0 Å². The van der Waals surface area contributed by atoms with Gasteiger partial charge in [0.2, 0.25) is 0 Å². The van der Waals surface area contributed by atoms with Crippen molar-refractivity contribution in [2.24, 2.45) is 0 Å². The second kappa shape index (κ2) is 9.59. The van der Waals surface area contributed by atoms with Gasteiger partial charge in [-0.05, 0) is 61.6 Å². The number of amides is 1. The van der Waals surface area contributed by atoms with E-state index in [-0.39, 0.29) is 18.1 Å². The molecule has 1 atom stereocenters. The first kappa shape index (κ1) is 22.0. The molecule has 170 valence electrons. The van der Waals surface area contributed by atoms with Crippen molar-refractivity contribution in [2.75, 3.05) is 19.7 Å². The Balaban J connectivity index is 1.39. The van der Waals surface area contributed by atoms with Crippen molar-refractivity contribution in [3.05, 3.63) is 71.3 Å². The summed E-state index contributed by atoms with van der Waals surface area (Å²) in [6.45, 7) is 1.90. The number of carbonyl (C=O) groups is 1. The summed E-state index contributed by atoms with van der Waals surface area (Å²) >= 11 is 6.61. The van der Waals surface area contributed by atoms with Crippen LogP contribution in [0.5, 0.6) is 0 Å². The molecule has 2 saturated heterocycles. The van der Waals surface area contributed by atoms with Crippen LogP contribution in [0.3, 0.4) is 0 Å². The Kier molecular flexibility index (Phi) is 6.40. The van der Waals surface area contributed by atoms with Gasteiger partial charge in [0, 0.05) is 65.6 Å². The van der Waals surface area contributed by atoms with Gasteiger partial charge in [0.1, 0.15) is 0 Å². The van der Waals surface area contributed by atoms with Crippen molar-refractivity contribution in [1.82, 2.24) is 14.9 Å². The molecule has 7 heteroatoms. The van der Waals surface area contributed by atoms with Gasteiger partial charge >= 0.3 is 0 Å². The number of aliphatic hydroxyl groups is 1. The monoisotopic (exact) mass is 463 g/mol. The molecule has 2 aromatic heterocycles. The number of aliphatic hydroxyl groups excluding tert-OH is 1. The summed E-state index contributed by atoms with van der Waals surface area (Å²) in [5.74, 6) is -0.0549. The lowest BCUT2D eigenvalue weighted by molar-refractivity contribution is 0.0546. The highest BCUT2D eigenvalue weighted by molar-refractivity contribution is 6.33. The fourth-order valence-electron chi connectivity index (χ4n) is 4.49. The second-order valence-electron chi connectivity index (χ2n) is 8.65. The first-order valence-corrected chi connectivity index (χ1v) is 11.8. The minimum absolute atomic E-state index is 0.0549. The molecular weight excluding hydrogens is 438 g/mol. The van der Waals surface area contributed by atoms with Crippen molar-refractivity contribution in [1.29, 1.82) is 0 Å². The third-order valence-electron chi connectivity index (χ3n) is 6.39. The van der Waals surface area contributed by atoms with E-state index in [0.717, 1.165) is 47.4 Å². The second-order valence-corrected chi connectivity index (χ2v) is 9.06. The summed E-state index contributed by atoms with van der Waals surface area (Å²) in [5.41, 5.74) is 5.21. The zero-order chi connectivity index (χ0) is 22.8. The van der Waals surface area contributed by atoms with E-state index in [4.69, 9.17) is 16.3 Å². The minimum Gasteiger partial charge on any atom is -0.393 e. The molecule has 3 aromatic rings. The van der Waals surface area contributed by atoms with E-state index in [0.29, 0.717) is 36.5 Å². The molecule has 0 aliphatic carbocycles. The predicted octanol–water partition coefficient (Wildman–Crippen LogP) is 4.91. The van der Waals surface area contributed by atoms with Crippen LogP contribution in [0.1, 0.15) is 47.8 Å². The van der Waals surface area contributed by atoms with Crippen LogP contribution in [-0.2, 0) is 4.74 Å². The molecule has 5 rings (SSSR count). The lowest BCUT2D eigenvalue weighted by Crippen LogP contribution is -2.40. The maximum absolute atomic E-state index is 12.8. The SMILES string of the molecule is O=C(c1ccc(-c2cncc(-c3ccnc(C4CCCO4)c3)c2)c(Cl)c1)N1CCC(O)CC1. The average Bonchev–Trinajstić information content (AvgIpc) is 3.39. The average molecular weight is 464 g/mol. The van der Waals surface area contributed by atoms with Gasteiger partial charge in [-0.15, -0.1) is 0 Å². The highest BCUT2D eigenvalue weighted by Gasteiger charge is 2.23. The molecule has 1 aromatic carbocycles. The van der Waals surface area contributed by atoms with Gasteiger partial charge in [-0.3, -0.25) is 14.8 Å². The summed E-state index contributed by atoms with van der Waals surface area (Å²) in [5, 5.41) is 10.2. The van der Waals surface area contributed by atoms with Crippen LogP contribution in [-0.4, -0.2) is 51.7 Å². The Bertz CT molecular complexity index is 1160. The van der Waals surface area contributed by atoms with E-state index in [2.05, 4.69) is 22.1 Å². The van der Waals surface area contributed by atoms with Crippen LogP contribution in [0, 0.1) is 0 Å². The topological polar surface area (TPSA) is 75.5 Å². The summed E-state index contributed by atoms with van der Waals surface area (Å²) in [4.78, 5) is 23.5. The standard InChI is InChI=1S/C26H26ClN3O3/c27-23-13-18(26(32)30-9-6-21(31)7-10-30)3-4-22(23)20-12-19(15-28-16-20)17-5-8-29-24(14-17)25-2-1-11-33-25/h3-5,8,12-16,21,25,31H,1-2,6-7,9-11H2. The number of likely N-dealkylation sites (tertiary alicyclic amines) is 1. The normalized spacial score (nSPS) is 19.1. The molecule has 2 aliphatic heterocycles. The minimum atomic E-state index is -0.318. The fraction of sp³-hybridized carbons (Fsp3) is 0.346. The molecule has 1 unspecified atom stereocenters. The Labute approximate surface area is 198 Å². The summed E-state index contributed by atoms with van der Waals surface area (Å²) < 4.78 is 5.78. The largest absolute Gasteiger partial charge is 0.393 e. The summed E-state index contributed by atoms with van der Waals surface area (Å²) in [6.07, 6.45) is 8.43. The van der Waals surface area contributed by atoms with Crippen LogP contribution in [0.2, 0.25) is 5.02 Å². The van der Waals surface area contributed by atoms with Crippen molar-refractivity contribution in [3.63, 3.8) is 0 Å². The molecule has 2 aliphatic rings. The Morgan fingerprint density at radius 3 is 2.61 bits per heavy atom. The Morgan fingerprint density at radius 2 is 1.85 bits per heavy atom. The third-order valence-corrected chi connectivity index (χ3v) is 6.70. The van der Waals surface area contributed by atoms with E-state index in [1.54, 1.807) is 17.2 Å². The predicted molar refractivity (Wildman–Crippen MR) is 127 cm³/mol. The van der Waals surface area contributed by atoms with Crippen LogP contribution < -0.4 is 0 Å². The highest BCUT2D eigenvalue weighted by atomic mass is 35.5. The number of aromatic nitrogens is 2. The maximum atomic E-state index is 12.8. The molecule has 1 amide bonds. The maximum Gasteiger partial charge on any atom is 0.253 e. The van der Waals surface area contributed by atoms with Gasteiger partial charge in [0.15, 0.2) is 0 Å². The zero-order valence-electron chi connectivity index (χ0n) is 18.3. The van der Waals surface area contributed by atoms with E-state index < -0.39 is 0 Å². The number of nitrogens with zero attached hydrogens (tertiary/aromatic N) is 3. The van der Waals surface area contributed by atoms with Crippen LogP contribution in [0.4, 0.5) is 0 Å². The number of rotatable bonds is 4. The fourth-order valence-corrected chi connectivity index (χ4v) is 4.78. The number of halogens is 1. The molecule has 0 saturated carbocycles. The van der Waals surface area contributed by atoms with E-state index in [1.165, 1.54) is 0 Å². The molecule has 0 spiro atoms. The van der Waals surface area contributed by atoms with Crippen molar-refractivity contribution in [3.8, 4) is 22.3 Å². The van der Waals surface area contributed by atoms with E-state index >= 15 is 0 Å². The number of piperidine rings is 1. The molecule has 0 bridgehead atoms.